The molecule has 0 unspecified atom stereocenters. The highest BCUT2D eigenvalue weighted by molar-refractivity contribution is 5.83. The number of aromatic nitrogens is 1. The summed E-state index contributed by atoms with van der Waals surface area (Å²) in [6.45, 7) is 4.28. The predicted octanol–water partition coefficient (Wildman–Crippen LogP) is 3.07. The summed E-state index contributed by atoms with van der Waals surface area (Å²) < 4.78 is 15.9. The molecule has 1 heterocycles. The van der Waals surface area contributed by atoms with E-state index in [1.165, 1.54) is 0 Å². The van der Waals surface area contributed by atoms with Gasteiger partial charge in [0, 0.05) is 30.0 Å². The van der Waals surface area contributed by atoms with E-state index in [-0.39, 0.29) is 17.7 Å². The Hall–Kier alpha value is -2.50. The van der Waals surface area contributed by atoms with E-state index < -0.39 is 0 Å². The van der Waals surface area contributed by atoms with E-state index in [2.05, 4.69) is 5.16 Å². The number of hydrogen-bond donors (Lipinski definition) is 0. The lowest BCUT2D eigenvalue weighted by Gasteiger charge is -2.17. The number of ether oxygens (including phenoxy) is 2. The second kappa shape index (κ2) is 6.78. The Morgan fingerprint density at radius 3 is 2.68 bits per heavy atom. The van der Waals surface area contributed by atoms with Crippen molar-refractivity contribution >= 4 is 5.91 Å². The van der Waals surface area contributed by atoms with Crippen molar-refractivity contribution in [3.63, 3.8) is 0 Å². The summed E-state index contributed by atoms with van der Waals surface area (Å²) in [5.74, 6) is 2.62. The van der Waals surface area contributed by atoms with Crippen LogP contribution in [0, 0.1) is 19.8 Å². The van der Waals surface area contributed by atoms with Crippen LogP contribution in [0.4, 0.5) is 0 Å². The first-order chi connectivity index (χ1) is 12.0. The smallest absolute Gasteiger partial charge is 0.226 e. The molecule has 6 nitrogen and oxygen atoms in total. The third kappa shape index (κ3) is 3.34. The van der Waals surface area contributed by atoms with Crippen molar-refractivity contribution in [3.8, 4) is 11.5 Å². The maximum absolute atomic E-state index is 12.8. The Morgan fingerprint density at radius 2 is 2.08 bits per heavy atom. The van der Waals surface area contributed by atoms with E-state index in [1.54, 1.807) is 19.1 Å². The topological polar surface area (TPSA) is 64.8 Å². The van der Waals surface area contributed by atoms with Crippen LogP contribution in [-0.2, 0) is 11.3 Å². The van der Waals surface area contributed by atoms with E-state index >= 15 is 0 Å². The van der Waals surface area contributed by atoms with Gasteiger partial charge in [0.15, 0.2) is 0 Å². The highest BCUT2D eigenvalue weighted by atomic mass is 16.5. The SMILES string of the molecule is COc1ccc(OC)c([C@@H]2C[C@@H]2C(=O)N(C)Cc2c(C)noc2C)c1. The van der Waals surface area contributed by atoms with E-state index in [0.717, 1.165) is 40.5 Å². The van der Waals surface area contributed by atoms with Gasteiger partial charge in [-0.15, -0.1) is 0 Å². The number of rotatable bonds is 6. The molecular formula is C19H24N2O4. The van der Waals surface area contributed by atoms with Crippen LogP contribution in [0.5, 0.6) is 11.5 Å². The molecule has 1 aromatic carbocycles. The quantitative estimate of drug-likeness (QED) is 0.806. The lowest BCUT2D eigenvalue weighted by Crippen LogP contribution is -2.28. The van der Waals surface area contributed by atoms with Gasteiger partial charge in [-0.1, -0.05) is 5.16 Å². The number of hydrogen-bond acceptors (Lipinski definition) is 5. The predicted molar refractivity (Wildman–Crippen MR) is 92.8 cm³/mol. The molecule has 1 fully saturated rings. The van der Waals surface area contributed by atoms with Crippen LogP contribution < -0.4 is 9.47 Å². The monoisotopic (exact) mass is 344 g/mol. The highest BCUT2D eigenvalue weighted by Crippen LogP contribution is 2.52. The van der Waals surface area contributed by atoms with Gasteiger partial charge in [0.1, 0.15) is 17.3 Å². The summed E-state index contributed by atoms with van der Waals surface area (Å²) in [4.78, 5) is 14.5. The Kier molecular flexibility index (Phi) is 4.70. The molecule has 6 heteroatoms. The number of methoxy groups -OCH3 is 2. The minimum Gasteiger partial charge on any atom is -0.497 e. The van der Waals surface area contributed by atoms with Crippen LogP contribution >= 0.6 is 0 Å². The first kappa shape index (κ1) is 17.3. The molecule has 25 heavy (non-hydrogen) atoms. The Bertz CT molecular complexity index is 764. The Labute approximate surface area is 147 Å². The van der Waals surface area contributed by atoms with Crippen molar-refractivity contribution in [2.75, 3.05) is 21.3 Å². The molecule has 0 radical (unpaired) electrons. The molecule has 3 rings (SSSR count). The average molecular weight is 344 g/mol. The number of carbonyl (C=O) groups is 1. The van der Waals surface area contributed by atoms with Gasteiger partial charge in [0.25, 0.3) is 0 Å². The molecule has 1 aromatic heterocycles. The van der Waals surface area contributed by atoms with Crippen LogP contribution in [0.15, 0.2) is 22.7 Å². The van der Waals surface area contributed by atoms with Gasteiger partial charge in [0.2, 0.25) is 5.91 Å². The number of amides is 1. The van der Waals surface area contributed by atoms with E-state index in [1.807, 2.05) is 39.1 Å². The summed E-state index contributed by atoms with van der Waals surface area (Å²) in [5, 5.41) is 3.95. The summed E-state index contributed by atoms with van der Waals surface area (Å²) in [6, 6.07) is 5.72. The van der Waals surface area contributed by atoms with E-state index in [9.17, 15) is 4.79 Å². The molecule has 134 valence electrons. The third-order valence-electron chi connectivity index (χ3n) is 4.90. The van der Waals surface area contributed by atoms with Gasteiger partial charge < -0.3 is 18.9 Å². The molecule has 1 amide bonds. The zero-order chi connectivity index (χ0) is 18.1. The fourth-order valence-corrected chi connectivity index (χ4v) is 3.27. The summed E-state index contributed by atoms with van der Waals surface area (Å²) in [5.41, 5.74) is 2.84. The van der Waals surface area contributed by atoms with Gasteiger partial charge in [-0.05, 0) is 38.5 Å². The van der Waals surface area contributed by atoms with Gasteiger partial charge in [-0.3, -0.25) is 4.79 Å². The molecular weight excluding hydrogens is 320 g/mol. The van der Waals surface area contributed by atoms with Crippen molar-refractivity contribution in [3.05, 3.63) is 40.8 Å². The average Bonchev–Trinajstić information content (AvgIpc) is 3.36. The fourth-order valence-electron chi connectivity index (χ4n) is 3.27. The van der Waals surface area contributed by atoms with Gasteiger partial charge in [-0.25, -0.2) is 0 Å². The van der Waals surface area contributed by atoms with E-state index in [0.29, 0.717) is 6.54 Å². The van der Waals surface area contributed by atoms with Crippen LogP contribution in [0.3, 0.4) is 0 Å². The molecule has 2 aromatic rings. The summed E-state index contributed by atoms with van der Waals surface area (Å²) >= 11 is 0. The maximum atomic E-state index is 12.8. The van der Waals surface area contributed by atoms with Gasteiger partial charge in [0.05, 0.1) is 26.5 Å². The second-order valence-corrected chi connectivity index (χ2v) is 6.55. The van der Waals surface area contributed by atoms with Crippen LogP contribution in [0.25, 0.3) is 0 Å². The first-order valence-electron chi connectivity index (χ1n) is 8.34. The molecule has 1 saturated carbocycles. The number of benzene rings is 1. The Balaban J connectivity index is 1.72. The van der Waals surface area contributed by atoms with E-state index in [4.69, 9.17) is 14.0 Å². The summed E-state index contributed by atoms with van der Waals surface area (Å²) in [6.07, 6.45) is 0.828. The molecule has 0 aliphatic heterocycles. The molecule has 2 atom stereocenters. The lowest BCUT2D eigenvalue weighted by atomic mass is 10.1. The van der Waals surface area contributed by atoms with Crippen molar-refractivity contribution in [1.82, 2.24) is 10.1 Å². The third-order valence-corrected chi connectivity index (χ3v) is 4.90. The van der Waals surface area contributed by atoms with Crippen molar-refractivity contribution in [1.29, 1.82) is 0 Å². The van der Waals surface area contributed by atoms with Crippen molar-refractivity contribution < 1.29 is 18.8 Å². The molecule has 1 aliphatic rings. The van der Waals surface area contributed by atoms with Crippen molar-refractivity contribution in [2.24, 2.45) is 5.92 Å². The maximum Gasteiger partial charge on any atom is 0.226 e. The van der Waals surface area contributed by atoms with Crippen LogP contribution in [0.2, 0.25) is 0 Å². The van der Waals surface area contributed by atoms with Crippen LogP contribution in [-0.4, -0.2) is 37.2 Å². The number of carbonyl (C=O) groups excluding carboxylic acids is 1. The normalized spacial score (nSPS) is 18.8. The van der Waals surface area contributed by atoms with Crippen LogP contribution in [0.1, 0.15) is 34.9 Å². The summed E-state index contributed by atoms with van der Waals surface area (Å²) in [7, 11) is 5.11. The van der Waals surface area contributed by atoms with Gasteiger partial charge in [-0.2, -0.15) is 0 Å². The molecule has 1 aliphatic carbocycles. The fraction of sp³-hybridized carbons (Fsp3) is 0.474. The molecule has 0 bridgehead atoms. The van der Waals surface area contributed by atoms with Gasteiger partial charge >= 0.3 is 0 Å². The number of nitrogens with zero attached hydrogens (tertiary/aromatic N) is 2. The second-order valence-electron chi connectivity index (χ2n) is 6.55. The lowest BCUT2D eigenvalue weighted by molar-refractivity contribution is -0.131. The minimum atomic E-state index is -0.0218. The zero-order valence-electron chi connectivity index (χ0n) is 15.3. The molecule has 0 saturated heterocycles. The molecule has 0 spiro atoms. The zero-order valence-corrected chi connectivity index (χ0v) is 15.3. The minimum absolute atomic E-state index is 0.0218. The first-order valence-corrected chi connectivity index (χ1v) is 8.34. The standard InChI is InChI=1S/C19H24N2O4/c1-11-17(12(2)25-20-11)10-21(3)19(22)16-9-14(16)15-8-13(23-4)6-7-18(15)24-5/h6-8,14,16H,9-10H2,1-5H3/t14-,16-/m0/s1. The highest BCUT2D eigenvalue weighted by Gasteiger charge is 2.46. The Morgan fingerprint density at radius 1 is 1.32 bits per heavy atom. The molecule has 0 N–H and O–H groups in total. The van der Waals surface area contributed by atoms with Crippen molar-refractivity contribution in [2.45, 2.75) is 32.7 Å². The number of aryl methyl sites for hydroxylation is 2. The largest absolute Gasteiger partial charge is 0.497 e.